The van der Waals surface area contributed by atoms with Gasteiger partial charge < -0.3 is 11.1 Å². The number of nitrogens with one attached hydrogen (secondary N) is 1. The molecule has 1 amide bonds. The average molecular weight is 264 g/mol. The molecule has 1 saturated carbocycles. The zero-order valence-corrected chi connectivity index (χ0v) is 11.9. The molecule has 0 radical (unpaired) electrons. The summed E-state index contributed by atoms with van der Waals surface area (Å²) in [6, 6.07) is 1.92. The summed E-state index contributed by atoms with van der Waals surface area (Å²) in [7, 11) is 1.88. The van der Waals surface area contributed by atoms with Crippen molar-refractivity contribution in [2.75, 3.05) is 6.54 Å². The summed E-state index contributed by atoms with van der Waals surface area (Å²) in [6.45, 7) is 3.21. The van der Waals surface area contributed by atoms with Crippen molar-refractivity contribution < 1.29 is 4.79 Å². The van der Waals surface area contributed by atoms with Gasteiger partial charge in [-0.05, 0) is 37.7 Å². The second kappa shape index (κ2) is 5.74. The number of rotatable bonds is 4. The third-order valence-corrected chi connectivity index (χ3v) is 4.46. The fraction of sp³-hybridized carbons (Fsp3) is 0.714. The molecule has 0 aliphatic heterocycles. The van der Waals surface area contributed by atoms with Gasteiger partial charge in [0, 0.05) is 19.8 Å². The number of carbonyl (C=O) groups excluding carboxylic acids is 1. The summed E-state index contributed by atoms with van der Waals surface area (Å²) in [5.74, 6) is 0.813. The van der Waals surface area contributed by atoms with Crippen LogP contribution in [-0.2, 0) is 18.4 Å². The Morgan fingerprint density at radius 3 is 2.79 bits per heavy atom. The summed E-state index contributed by atoms with van der Waals surface area (Å²) >= 11 is 0. The molecular weight excluding hydrogens is 240 g/mol. The van der Waals surface area contributed by atoms with E-state index in [1.54, 1.807) is 10.9 Å². The topological polar surface area (TPSA) is 72.9 Å². The van der Waals surface area contributed by atoms with Crippen molar-refractivity contribution in [3.8, 4) is 0 Å². The minimum absolute atomic E-state index is 0.100. The molecule has 5 nitrogen and oxygen atoms in total. The van der Waals surface area contributed by atoms with Crippen LogP contribution in [0.25, 0.3) is 0 Å². The van der Waals surface area contributed by atoms with Gasteiger partial charge in [-0.3, -0.25) is 9.48 Å². The number of nitrogens with two attached hydrogens (primary N) is 1. The van der Waals surface area contributed by atoms with Crippen molar-refractivity contribution in [2.24, 2.45) is 24.1 Å². The second-order valence-electron chi connectivity index (χ2n) is 5.80. The molecular formula is C14H24N4O. The lowest BCUT2D eigenvalue weighted by molar-refractivity contribution is -0.133. The number of carbonyl (C=O) groups is 1. The highest BCUT2D eigenvalue weighted by Crippen LogP contribution is 2.38. The van der Waals surface area contributed by atoms with Crippen LogP contribution in [-0.4, -0.2) is 22.2 Å². The molecule has 0 spiro atoms. The van der Waals surface area contributed by atoms with Crippen LogP contribution in [0.2, 0.25) is 0 Å². The van der Waals surface area contributed by atoms with E-state index in [2.05, 4.69) is 17.3 Å². The van der Waals surface area contributed by atoms with Crippen molar-refractivity contribution in [1.82, 2.24) is 15.1 Å². The van der Waals surface area contributed by atoms with Crippen LogP contribution in [0.1, 0.15) is 38.3 Å². The van der Waals surface area contributed by atoms with Crippen molar-refractivity contribution in [3.05, 3.63) is 18.0 Å². The number of nitrogens with zero attached hydrogens (tertiary/aromatic N) is 2. The predicted octanol–water partition coefficient (Wildman–Crippen LogP) is 1.19. The van der Waals surface area contributed by atoms with Crippen LogP contribution < -0.4 is 11.1 Å². The Hall–Kier alpha value is -1.36. The number of hydrogen-bond acceptors (Lipinski definition) is 3. The van der Waals surface area contributed by atoms with Gasteiger partial charge in [0.15, 0.2) is 0 Å². The number of hydrogen-bond donors (Lipinski definition) is 2. The minimum atomic E-state index is -0.356. The van der Waals surface area contributed by atoms with Crippen LogP contribution in [0, 0.1) is 11.3 Å². The Balaban J connectivity index is 1.96. The molecule has 1 heterocycles. The summed E-state index contributed by atoms with van der Waals surface area (Å²) in [5.41, 5.74) is 6.53. The molecule has 1 aliphatic rings. The summed E-state index contributed by atoms with van der Waals surface area (Å²) in [4.78, 5) is 12.4. The smallest absolute Gasteiger partial charge is 0.227 e. The van der Waals surface area contributed by atoms with Gasteiger partial charge in [0.2, 0.25) is 5.91 Å². The molecule has 0 aromatic carbocycles. The van der Waals surface area contributed by atoms with Crippen molar-refractivity contribution in [1.29, 1.82) is 0 Å². The molecule has 0 saturated heterocycles. The van der Waals surface area contributed by atoms with Gasteiger partial charge in [0.1, 0.15) is 0 Å². The Morgan fingerprint density at radius 2 is 2.26 bits per heavy atom. The first kappa shape index (κ1) is 14.1. The van der Waals surface area contributed by atoms with Gasteiger partial charge in [-0.25, -0.2) is 0 Å². The summed E-state index contributed by atoms with van der Waals surface area (Å²) in [6.07, 6.45) is 5.74. The van der Waals surface area contributed by atoms with Crippen LogP contribution in [0.4, 0.5) is 0 Å². The number of aryl methyl sites for hydroxylation is 1. The van der Waals surface area contributed by atoms with E-state index in [-0.39, 0.29) is 11.3 Å². The predicted molar refractivity (Wildman–Crippen MR) is 74.2 cm³/mol. The Labute approximate surface area is 114 Å². The fourth-order valence-corrected chi connectivity index (χ4v) is 2.77. The normalized spacial score (nSPS) is 27.2. The van der Waals surface area contributed by atoms with E-state index >= 15 is 0 Å². The van der Waals surface area contributed by atoms with Gasteiger partial charge in [-0.1, -0.05) is 6.92 Å². The van der Waals surface area contributed by atoms with Gasteiger partial charge in [-0.15, -0.1) is 0 Å². The zero-order chi connectivity index (χ0) is 13.9. The van der Waals surface area contributed by atoms with Crippen LogP contribution in [0.3, 0.4) is 0 Å². The Bertz CT molecular complexity index is 432. The highest BCUT2D eigenvalue weighted by Gasteiger charge is 2.39. The average Bonchev–Trinajstić information content (AvgIpc) is 2.83. The maximum absolute atomic E-state index is 12.4. The van der Waals surface area contributed by atoms with E-state index in [4.69, 9.17) is 5.73 Å². The molecule has 19 heavy (non-hydrogen) atoms. The number of amides is 1. The molecule has 0 unspecified atom stereocenters. The Morgan fingerprint density at radius 1 is 1.58 bits per heavy atom. The Kier molecular flexibility index (Phi) is 4.24. The van der Waals surface area contributed by atoms with E-state index in [1.807, 2.05) is 13.1 Å². The first-order chi connectivity index (χ1) is 9.07. The van der Waals surface area contributed by atoms with Crippen molar-refractivity contribution in [2.45, 2.75) is 39.2 Å². The molecule has 0 bridgehead atoms. The second-order valence-corrected chi connectivity index (χ2v) is 5.80. The highest BCUT2D eigenvalue weighted by molar-refractivity contribution is 5.83. The summed E-state index contributed by atoms with van der Waals surface area (Å²) in [5, 5.41) is 7.12. The van der Waals surface area contributed by atoms with E-state index in [1.165, 1.54) is 0 Å². The largest absolute Gasteiger partial charge is 0.350 e. The van der Waals surface area contributed by atoms with Gasteiger partial charge in [0.05, 0.1) is 17.7 Å². The summed E-state index contributed by atoms with van der Waals surface area (Å²) < 4.78 is 1.78. The van der Waals surface area contributed by atoms with Crippen LogP contribution in [0.5, 0.6) is 0 Å². The first-order valence-corrected chi connectivity index (χ1v) is 7.03. The van der Waals surface area contributed by atoms with Crippen molar-refractivity contribution in [3.63, 3.8) is 0 Å². The lowest BCUT2D eigenvalue weighted by Gasteiger charge is -2.37. The van der Waals surface area contributed by atoms with Gasteiger partial charge in [-0.2, -0.15) is 5.10 Å². The third-order valence-electron chi connectivity index (χ3n) is 4.46. The third kappa shape index (κ3) is 2.97. The van der Waals surface area contributed by atoms with E-state index < -0.39 is 0 Å². The molecule has 2 rings (SSSR count). The quantitative estimate of drug-likeness (QED) is 0.858. The maximum atomic E-state index is 12.4. The first-order valence-electron chi connectivity index (χ1n) is 7.03. The van der Waals surface area contributed by atoms with Gasteiger partial charge >= 0.3 is 0 Å². The van der Waals surface area contributed by atoms with E-state index in [0.29, 0.717) is 19.0 Å². The lowest BCUT2D eigenvalue weighted by atomic mass is 9.70. The number of aromatic nitrogens is 2. The minimum Gasteiger partial charge on any atom is -0.350 e. The SMILES string of the molecule is CC1CCC(CN)(C(=O)NCc2ccnn2C)CC1. The molecule has 3 N–H and O–H groups in total. The lowest BCUT2D eigenvalue weighted by Crippen LogP contribution is -2.47. The standard InChI is InChI=1S/C14H24N4O/c1-11-3-6-14(10-15,7-4-11)13(19)16-9-12-5-8-17-18(12)2/h5,8,11H,3-4,6-7,9-10,15H2,1-2H3,(H,16,19). The molecule has 1 fully saturated rings. The fourth-order valence-electron chi connectivity index (χ4n) is 2.77. The molecule has 5 heteroatoms. The van der Waals surface area contributed by atoms with E-state index in [0.717, 1.165) is 31.4 Å². The monoisotopic (exact) mass is 264 g/mol. The molecule has 1 aromatic heterocycles. The van der Waals surface area contributed by atoms with Gasteiger partial charge in [0.25, 0.3) is 0 Å². The van der Waals surface area contributed by atoms with E-state index in [9.17, 15) is 4.79 Å². The molecule has 0 atom stereocenters. The maximum Gasteiger partial charge on any atom is 0.227 e. The molecule has 1 aromatic rings. The highest BCUT2D eigenvalue weighted by atomic mass is 16.2. The van der Waals surface area contributed by atoms with Crippen LogP contribution in [0.15, 0.2) is 12.3 Å². The zero-order valence-electron chi connectivity index (χ0n) is 11.9. The molecule has 106 valence electrons. The molecule has 1 aliphatic carbocycles. The van der Waals surface area contributed by atoms with Crippen molar-refractivity contribution >= 4 is 5.91 Å². The van der Waals surface area contributed by atoms with Crippen LogP contribution >= 0.6 is 0 Å².